The summed E-state index contributed by atoms with van der Waals surface area (Å²) in [6.45, 7) is 14.2. The standard InChI is InChI=1S/C76H148O17P2/c1-66(2)52-44-36-28-22-16-12-10-9-11-13-18-26-32-42-50-58-75(80)92-71(62-86-73(78)56-48-40-31-25-21-20-24-30-38-46-54-68(5)6)64-90-94(82,83)88-60-70(77)61-89-95(84,85)91-65-72(63-87-74(79)57-49-41-35-34-39-47-55-69(7)8)93-76(81)59-51-43-33-27-19-15-14-17-23-29-37-45-53-67(3)4/h66-72,77H,9-65H2,1-8H3,(H,82,83)(H,84,85)/t70-,71-,72-/m1/s1. The van der Waals surface area contributed by atoms with Gasteiger partial charge in [0.1, 0.15) is 19.3 Å². The summed E-state index contributed by atoms with van der Waals surface area (Å²) in [6, 6.07) is 0. The molecule has 0 aromatic rings. The van der Waals surface area contributed by atoms with Crippen molar-refractivity contribution in [3.05, 3.63) is 0 Å². The number of aliphatic hydroxyl groups is 1. The lowest BCUT2D eigenvalue weighted by atomic mass is 10.0. The molecule has 564 valence electrons. The summed E-state index contributed by atoms with van der Waals surface area (Å²) in [5.74, 6) is 0.895. The zero-order chi connectivity index (χ0) is 70.3. The molecule has 0 aromatic carbocycles. The van der Waals surface area contributed by atoms with Gasteiger partial charge in [-0.05, 0) is 49.4 Å². The van der Waals surface area contributed by atoms with Crippen LogP contribution in [0.1, 0.15) is 383 Å². The minimum Gasteiger partial charge on any atom is -0.462 e. The minimum atomic E-state index is -4.96. The molecule has 0 saturated carbocycles. The van der Waals surface area contributed by atoms with Crippen molar-refractivity contribution in [3.63, 3.8) is 0 Å². The van der Waals surface area contributed by atoms with Crippen LogP contribution in [0.3, 0.4) is 0 Å². The summed E-state index contributed by atoms with van der Waals surface area (Å²) < 4.78 is 68.5. The van der Waals surface area contributed by atoms with Crippen LogP contribution in [0.4, 0.5) is 0 Å². The Balaban J connectivity index is 5.23. The molecule has 17 nitrogen and oxygen atoms in total. The third kappa shape index (κ3) is 70.3. The second-order valence-corrected chi connectivity index (χ2v) is 32.2. The first-order valence-corrected chi connectivity index (χ1v) is 42.2. The number of hydrogen-bond donors (Lipinski definition) is 3. The van der Waals surface area contributed by atoms with E-state index in [-0.39, 0.29) is 25.7 Å². The van der Waals surface area contributed by atoms with E-state index < -0.39 is 97.5 Å². The van der Waals surface area contributed by atoms with Crippen molar-refractivity contribution in [1.29, 1.82) is 0 Å². The maximum Gasteiger partial charge on any atom is 0.472 e. The Hall–Kier alpha value is -1.94. The molecule has 0 fully saturated rings. The largest absolute Gasteiger partial charge is 0.472 e. The molecule has 3 N–H and O–H groups in total. The minimum absolute atomic E-state index is 0.105. The molecule has 0 aromatic heterocycles. The third-order valence-electron chi connectivity index (χ3n) is 17.6. The average Bonchev–Trinajstić information content (AvgIpc) is 1.66. The smallest absolute Gasteiger partial charge is 0.462 e. The van der Waals surface area contributed by atoms with Crippen molar-refractivity contribution in [2.75, 3.05) is 39.6 Å². The number of hydrogen-bond acceptors (Lipinski definition) is 15. The second-order valence-electron chi connectivity index (χ2n) is 29.3. The summed E-state index contributed by atoms with van der Waals surface area (Å²) in [4.78, 5) is 72.8. The van der Waals surface area contributed by atoms with Crippen LogP contribution in [0, 0.1) is 23.7 Å². The number of unbranched alkanes of at least 4 members (excludes halogenated alkanes) is 39. The number of carbonyl (C=O) groups excluding carboxylic acids is 4. The number of ether oxygens (including phenoxy) is 4. The Morgan fingerprint density at radius 3 is 0.653 bits per heavy atom. The van der Waals surface area contributed by atoms with Gasteiger partial charge in [-0.1, -0.05) is 331 Å². The molecule has 0 aliphatic heterocycles. The van der Waals surface area contributed by atoms with Crippen molar-refractivity contribution < 1.29 is 80.2 Å². The highest BCUT2D eigenvalue weighted by Crippen LogP contribution is 2.45. The molecule has 0 saturated heterocycles. The van der Waals surface area contributed by atoms with Gasteiger partial charge >= 0.3 is 39.5 Å². The fourth-order valence-electron chi connectivity index (χ4n) is 11.6. The quantitative estimate of drug-likeness (QED) is 0.0222. The fraction of sp³-hybridized carbons (Fsp3) is 0.947. The highest BCUT2D eigenvalue weighted by molar-refractivity contribution is 7.47. The molecule has 19 heteroatoms. The predicted octanol–water partition coefficient (Wildman–Crippen LogP) is 22.0. The van der Waals surface area contributed by atoms with Gasteiger partial charge in [-0.15, -0.1) is 0 Å². The zero-order valence-electron chi connectivity index (χ0n) is 62.3. The van der Waals surface area contributed by atoms with Crippen LogP contribution in [-0.4, -0.2) is 96.7 Å². The number of esters is 4. The van der Waals surface area contributed by atoms with E-state index in [1.807, 2.05) is 0 Å². The van der Waals surface area contributed by atoms with E-state index in [0.717, 1.165) is 114 Å². The molecule has 0 aliphatic carbocycles. The Kier molecular flexibility index (Phi) is 64.0. The number of carbonyl (C=O) groups is 4. The number of phosphoric acid groups is 2. The van der Waals surface area contributed by atoms with Crippen molar-refractivity contribution in [3.8, 4) is 0 Å². The zero-order valence-corrected chi connectivity index (χ0v) is 64.1. The Morgan fingerprint density at radius 2 is 0.442 bits per heavy atom. The number of aliphatic hydroxyl groups excluding tert-OH is 1. The summed E-state index contributed by atoms with van der Waals surface area (Å²) >= 11 is 0. The van der Waals surface area contributed by atoms with Crippen molar-refractivity contribution in [2.45, 2.75) is 401 Å². The van der Waals surface area contributed by atoms with Crippen LogP contribution in [0.5, 0.6) is 0 Å². The summed E-state index contributed by atoms with van der Waals surface area (Å²) in [5.41, 5.74) is 0. The van der Waals surface area contributed by atoms with Gasteiger partial charge < -0.3 is 33.8 Å². The van der Waals surface area contributed by atoms with Crippen LogP contribution in [0.25, 0.3) is 0 Å². The Morgan fingerprint density at radius 1 is 0.263 bits per heavy atom. The summed E-state index contributed by atoms with van der Waals surface area (Å²) in [7, 11) is -9.91. The highest BCUT2D eigenvalue weighted by Gasteiger charge is 2.30. The molecule has 0 bridgehead atoms. The van der Waals surface area contributed by atoms with Crippen LogP contribution in [0.2, 0.25) is 0 Å². The lowest BCUT2D eigenvalue weighted by molar-refractivity contribution is -0.161. The van der Waals surface area contributed by atoms with Crippen molar-refractivity contribution >= 4 is 39.5 Å². The lowest BCUT2D eigenvalue weighted by Crippen LogP contribution is -2.30. The second kappa shape index (κ2) is 65.4. The van der Waals surface area contributed by atoms with Gasteiger partial charge in [0.25, 0.3) is 0 Å². The van der Waals surface area contributed by atoms with Gasteiger partial charge in [-0.3, -0.25) is 37.3 Å². The van der Waals surface area contributed by atoms with E-state index in [2.05, 4.69) is 55.4 Å². The van der Waals surface area contributed by atoms with Crippen LogP contribution < -0.4 is 0 Å². The summed E-state index contributed by atoms with van der Waals surface area (Å²) in [6.07, 6.45) is 50.1. The molecule has 95 heavy (non-hydrogen) atoms. The first-order chi connectivity index (χ1) is 45.6. The molecule has 0 amide bonds. The Bertz CT molecular complexity index is 1870. The molecule has 0 spiro atoms. The average molecular weight is 1400 g/mol. The van der Waals surface area contributed by atoms with E-state index in [9.17, 15) is 43.2 Å². The van der Waals surface area contributed by atoms with Crippen molar-refractivity contribution in [1.82, 2.24) is 0 Å². The van der Waals surface area contributed by atoms with E-state index in [1.165, 1.54) is 180 Å². The van der Waals surface area contributed by atoms with E-state index >= 15 is 0 Å². The third-order valence-corrected chi connectivity index (χ3v) is 19.5. The molecule has 2 unspecified atom stereocenters. The normalized spacial score (nSPS) is 14.1. The maximum absolute atomic E-state index is 13.1. The maximum atomic E-state index is 13.1. The van der Waals surface area contributed by atoms with Crippen LogP contribution >= 0.6 is 15.6 Å². The Labute approximate surface area is 581 Å². The SMILES string of the molecule is CC(C)CCCCCCCCCCCCCCCCCC(=O)O[C@H](COC(=O)CCCCCCCCCCCCC(C)C)COP(=O)(O)OC[C@@H](O)COP(=O)(O)OC[C@@H](COC(=O)CCCCCCCCC(C)C)OC(=O)CCCCCCCCCCCCCCC(C)C. The first-order valence-electron chi connectivity index (χ1n) is 39.2. The first kappa shape index (κ1) is 93.1. The molecular weight excluding hydrogens is 1250 g/mol. The molecule has 0 aliphatic rings. The van der Waals surface area contributed by atoms with Gasteiger partial charge in [0.05, 0.1) is 26.4 Å². The number of rotatable bonds is 73. The van der Waals surface area contributed by atoms with Crippen LogP contribution in [-0.2, 0) is 65.4 Å². The predicted molar refractivity (Wildman–Crippen MR) is 386 cm³/mol. The topological polar surface area (TPSA) is 237 Å². The van der Waals surface area contributed by atoms with Gasteiger partial charge in [-0.25, -0.2) is 9.13 Å². The lowest BCUT2D eigenvalue weighted by Gasteiger charge is -2.21. The number of phosphoric ester groups is 2. The van der Waals surface area contributed by atoms with E-state index in [0.29, 0.717) is 31.6 Å². The molecule has 5 atom stereocenters. The van der Waals surface area contributed by atoms with E-state index in [4.69, 9.17) is 37.0 Å². The van der Waals surface area contributed by atoms with Crippen LogP contribution in [0.15, 0.2) is 0 Å². The molecule has 0 heterocycles. The van der Waals surface area contributed by atoms with Gasteiger partial charge in [0.2, 0.25) is 0 Å². The van der Waals surface area contributed by atoms with Crippen molar-refractivity contribution in [2.24, 2.45) is 23.7 Å². The monoisotopic (exact) mass is 1400 g/mol. The van der Waals surface area contributed by atoms with E-state index in [1.54, 1.807) is 0 Å². The molecule has 0 rings (SSSR count). The van der Waals surface area contributed by atoms with Gasteiger partial charge in [0, 0.05) is 25.7 Å². The summed E-state index contributed by atoms with van der Waals surface area (Å²) in [5, 5.41) is 10.6. The molecule has 0 radical (unpaired) electrons. The highest BCUT2D eigenvalue weighted by atomic mass is 31.2. The van der Waals surface area contributed by atoms with Gasteiger partial charge in [0.15, 0.2) is 12.2 Å². The van der Waals surface area contributed by atoms with Gasteiger partial charge in [-0.2, -0.15) is 0 Å². The molecular formula is C76H148O17P2. The fourth-order valence-corrected chi connectivity index (χ4v) is 13.1.